The van der Waals surface area contributed by atoms with Crippen LogP contribution in [0.25, 0.3) is 0 Å². The average molecular weight is 404 g/mol. The Labute approximate surface area is 168 Å². The molecule has 6 nitrogen and oxygen atoms in total. The van der Waals surface area contributed by atoms with Crippen molar-refractivity contribution in [3.8, 4) is 5.75 Å². The lowest BCUT2D eigenvalue weighted by atomic mass is 10.1. The van der Waals surface area contributed by atoms with Gasteiger partial charge in [0.1, 0.15) is 5.75 Å². The number of nitrogens with zero attached hydrogens (tertiary/aromatic N) is 1. The third-order valence-electron chi connectivity index (χ3n) is 4.26. The van der Waals surface area contributed by atoms with E-state index >= 15 is 0 Å². The number of guanidine groups is 1. The number of aryl methyl sites for hydroxylation is 1. The summed E-state index contributed by atoms with van der Waals surface area (Å²) < 4.78 is 30.0. The van der Waals surface area contributed by atoms with Crippen LogP contribution in [0.15, 0.2) is 58.4 Å². The Balaban J connectivity index is 1.90. The first-order chi connectivity index (χ1) is 13.5. The zero-order valence-corrected chi connectivity index (χ0v) is 17.6. The molecule has 0 aliphatic carbocycles. The number of hydrogen-bond acceptors (Lipinski definition) is 4. The predicted molar refractivity (Wildman–Crippen MR) is 114 cm³/mol. The molecule has 2 aromatic rings. The smallest absolute Gasteiger partial charge is 0.191 e. The van der Waals surface area contributed by atoms with E-state index in [0.717, 1.165) is 23.3 Å². The molecule has 0 aliphatic heterocycles. The molecule has 0 fully saturated rings. The summed E-state index contributed by atoms with van der Waals surface area (Å²) >= 11 is 0. The van der Waals surface area contributed by atoms with Crippen LogP contribution in [0, 0.1) is 6.92 Å². The Morgan fingerprint density at radius 1 is 1.11 bits per heavy atom. The van der Waals surface area contributed by atoms with Crippen molar-refractivity contribution in [1.29, 1.82) is 0 Å². The van der Waals surface area contributed by atoms with Crippen molar-refractivity contribution in [2.75, 3.05) is 32.5 Å². The van der Waals surface area contributed by atoms with Gasteiger partial charge in [-0.2, -0.15) is 0 Å². The normalized spacial score (nSPS) is 11.9. The van der Waals surface area contributed by atoms with Crippen LogP contribution in [0.5, 0.6) is 5.75 Å². The molecule has 0 bridgehead atoms. The van der Waals surface area contributed by atoms with E-state index in [1.165, 1.54) is 0 Å². The molecule has 2 N–H and O–H groups in total. The molecule has 2 rings (SSSR count). The number of ether oxygens (including phenoxy) is 1. The quantitative estimate of drug-likeness (QED) is 0.497. The van der Waals surface area contributed by atoms with Crippen LogP contribution in [0.3, 0.4) is 0 Å². The first-order valence-electron chi connectivity index (χ1n) is 9.39. The molecule has 0 aromatic heterocycles. The molecule has 0 atom stereocenters. The van der Waals surface area contributed by atoms with E-state index in [1.807, 2.05) is 26.0 Å². The lowest BCUT2D eigenvalue weighted by Gasteiger charge is -2.12. The van der Waals surface area contributed by atoms with Gasteiger partial charge in [0.05, 0.1) is 24.3 Å². The Bertz CT molecular complexity index is 881. The van der Waals surface area contributed by atoms with Crippen molar-refractivity contribution in [1.82, 2.24) is 10.6 Å². The first-order valence-corrected chi connectivity index (χ1v) is 11.0. The minimum Gasteiger partial charge on any atom is -0.496 e. The first kappa shape index (κ1) is 21.8. The monoisotopic (exact) mass is 403 g/mol. The summed E-state index contributed by atoms with van der Waals surface area (Å²) in [6.45, 7) is 5.58. The van der Waals surface area contributed by atoms with Gasteiger partial charge in [-0.05, 0) is 49.6 Å². The van der Waals surface area contributed by atoms with Crippen molar-refractivity contribution in [3.63, 3.8) is 0 Å². The lowest BCUT2D eigenvalue weighted by Crippen LogP contribution is -2.38. The molecule has 0 amide bonds. The largest absolute Gasteiger partial charge is 0.496 e. The van der Waals surface area contributed by atoms with E-state index in [0.29, 0.717) is 23.9 Å². The minimum absolute atomic E-state index is 0.0251. The predicted octanol–water partition coefficient (Wildman–Crippen LogP) is 2.58. The molecule has 0 heterocycles. The fraction of sp³-hybridized carbons (Fsp3) is 0.381. The molecule has 0 unspecified atom stereocenters. The van der Waals surface area contributed by atoms with Crippen LogP contribution in [0.4, 0.5) is 0 Å². The molecule has 0 saturated heterocycles. The van der Waals surface area contributed by atoms with E-state index in [1.54, 1.807) is 37.4 Å². The van der Waals surface area contributed by atoms with Gasteiger partial charge in [-0.3, -0.25) is 4.99 Å². The molecular weight excluding hydrogens is 374 g/mol. The Morgan fingerprint density at radius 2 is 1.86 bits per heavy atom. The summed E-state index contributed by atoms with van der Waals surface area (Å²) in [7, 11) is -1.65. The molecule has 0 saturated carbocycles. The molecule has 0 aliphatic rings. The number of sulfone groups is 1. The van der Waals surface area contributed by atoms with Gasteiger partial charge in [0, 0.05) is 13.1 Å². The van der Waals surface area contributed by atoms with E-state index < -0.39 is 9.84 Å². The summed E-state index contributed by atoms with van der Waals surface area (Å²) in [4.78, 5) is 4.72. The van der Waals surface area contributed by atoms with Crippen LogP contribution in [-0.2, 0) is 16.3 Å². The van der Waals surface area contributed by atoms with Crippen LogP contribution in [0.1, 0.15) is 18.1 Å². The van der Waals surface area contributed by atoms with Crippen LogP contribution in [0.2, 0.25) is 0 Å². The number of rotatable bonds is 9. The highest BCUT2D eigenvalue weighted by atomic mass is 32.2. The zero-order chi connectivity index (χ0) is 20.4. The standard InChI is InChI=1S/C21H29N3O3S/c1-4-22-21(23-13-12-18-11-10-17(2)20(16-18)27-3)24-14-15-28(25,26)19-8-6-5-7-9-19/h5-11,16H,4,12-15H2,1-3H3,(H2,22,23,24). The van der Waals surface area contributed by atoms with Gasteiger partial charge in [-0.15, -0.1) is 0 Å². The molecule has 7 heteroatoms. The molecule has 2 aromatic carbocycles. The maximum atomic E-state index is 12.3. The van der Waals surface area contributed by atoms with E-state index in [2.05, 4.69) is 21.7 Å². The molecular formula is C21H29N3O3S. The Kier molecular flexibility index (Phi) is 8.32. The maximum Gasteiger partial charge on any atom is 0.191 e. The minimum atomic E-state index is -3.32. The van der Waals surface area contributed by atoms with Crippen molar-refractivity contribution in [3.05, 3.63) is 59.7 Å². The van der Waals surface area contributed by atoms with Crippen molar-refractivity contribution in [2.45, 2.75) is 25.2 Å². The van der Waals surface area contributed by atoms with Gasteiger partial charge >= 0.3 is 0 Å². The second-order valence-corrected chi connectivity index (χ2v) is 8.48. The van der Waals surface area contributed by atoms with Gasteiger partial charge in [-0.1, -0.05) is 30.3 Å². The second kappa shape index (κ2) is 10.7. The fourth-order valence-electron chi connectivity index (χ4n) is 2.71. The third kappa shape index (κ3) is 6.56. The fourth-order valence-corrected chi connectivity index (χ4v) is 3.85. The SMILES string of the molecule is CCNC(=NCCS(=O)(=O)c1ccccc1)NCCc1ccc(C)c(OC)c1. The topological polar surface area (TPSA) is 79.8 Å². The van der Waals surface area contributed by atoms with Crippen molar-refractivity contribution >= 4 is 15.8 Å². The summed E-state index contributed by atoms with van der Waals surface area (Å²) in [6, 6.07) is 14.6. The molecule has 152 valence electrons. The highest BCUT2D eigenvalue weighted by molar-refractivity contribution is 7.91. The number of methoxy groups -OCH3 is 1. The van der Waals surface area contributed by atoms with Gasteiger partial charge in [-0.25, -0.2) is 8.42 Å². The maximum absolute atomic E-state index is 12.3. The van der Waals surface area contributed by atoms with Crippen LogP contribution in [-0.4, -0.2) is 46.9 Å². The van der Waals surface area contributed by atoms with Crippen molar-refractivity contribution < 1.29 is 13.2 Å². The van der Waals surface area contributed by atoms with Gasteiger partial charge in [0.15, 0.2) is 15.8 Å². The van der Waals surface area contributed by atoms with Gasteiger partial charge in [0.2, 0.25) is 0 Å². The highest BCUT2D eigenvalue weighted by Gasteiger charge is 2.13. The van der Waals surface area contributed by atoms with Gasteiger partial charge in [0.25, 0.3) is 0 Å². The van der Waals surface area contributed by atoms with Crippen LogP contribution < -0.4 is 15.4 Å². The molecule has 0 spiro atoms. The third-order valence-corrected chi connectivity index (χ3v) is 5.97. The summed E-state index contributed by atoms with van der Waals surface area (Å²) in [5, 5.41) is 6.40. The number of nitrogens with one attached hydrogen (secondary N) is 2. The zero-order valence-electron chi connectivity index (χ0n) is 16.7. The summed E-state index contributed by atoms with van der Waals surface area (Å²) in [6.07, 6.45) is 0.809. The van der Waals surface area contributed by atoms with Crippen molar-refractivity contribution in [2.24, 2.45) is 4.99 Å². The van der Waals surface area contributed by atoms with Gasteiger partial charge < -0.3 is 15.4 Å². The number of hydrogen-bond donors (Lipinski definition) is 2. The summed E-state index contributed by atoms with van der Waals surface area (Å²) in [5.41, 5.74) is 2.27. The lowest BCUT2D eigenvalue weighted by molar-refractivity contribution is 0.411. The Morgan fingerprint density at radius 3 is 2.54 bits per heavy atom. The molecule has 28 heavy (non-hydrogen) atoms. The average Bonchev–Trinajstić information content (AvgIpc) is 2.70. The van der Waals surface area contributed by atoms with E-state index in [9.17, 15) is 8.42 Å². The van der Waals surface area contributed by atoms with Crippen LogP contribution >= 0.6 is 0 Å². The number of benzene rings is 2. The second-order valence-electron chi connectivity index (χ2n) is 6.37. The molecule has 0 radical (unpaired) electrons. The number of aliphatic imine (C=N–C) groups is 1. The Hall–Kier alpha value is -2.54. The van der Waals surface area contributed by atoms with E-state index in [4.69, 9.17) is 4.74 Å². The van der Waals surface area contributed by atoms with E-state index in [-0.39, 0.29) is 12.3 Å². The highest BCUT2D eigenvalue weighted by Crippen LogP contribution is 2.19. The summed E-state index contributed by atoms with van der Waals surface area (Å²) in [5.74, 6) is 1.47.